The van der Waals surface area contributed by atoms with Gasteiger partial charge < -0.3 is 15.7 Å². The van der Waals surface area contributed by atoms with Crippen molar-refractivity contribution in [2.24, 2.45) is 11.8 Å². The van der Waals surface area contributed by atoms with Gasteiger partial charge in [-0.05, 0) is 49.3 Å². The monoisotopic (exact) mass is 593 g/mol. The van der Waals surface area contributed by atoms with E-state index in [9.17, 15) is 36.1 Å². The van der Waals surface area contributed by atoms with Crippen LogP contribution in [0, 0.1) is 11.8 Å². The lowest BCUT2D eigenvalue weighted by molar-refractivity contribution is -0.126. The predicted molar refractivity (Wildman–Crippen MR) is 142 cm³/mol. The largest absolute Gasteiger partial charge is 0.374 e. The van der Waals surface area contributed by atoms with E-state index in [0.717, 1.165) is 32.1 Å². The molecule has 2 fully saturated rings. The first-order valence-corrected chi connectivity index (χ1v) is 16.3. The second-order valence-electron chi connectivity index (χ2n) is 10.1. The van der Waals surface area contributed by atoms with Gasteiger partial charge in [-0.15, -0.1) is 0 Å². The number of nitrogens with one attached hydrogen (secondary N) is 3. The van der Waals surface area contributed by atoms with Crippen LogP contribution < -0.4 is 15.4 Å². The van der Waals surface area contributed by atoms with Crippen molar-refractivity contribution in [2.45, 2.75) is 75.3 Å². The Balaban J connectivity index is 1.76. The number of amides is 2. The van der Waals surface area contributed by atoms with Gasteiger partial charge in [-0.1, -0.05) is 55.8 Å². The van der Waals surface area contributed by atoms with Crippen molar-refractivity contribution in [2.75, 3.05) is 12.3 Å². The number of benzene rings is 1. The van der Waals surface area contributed by atoms with Crippen LogP contribution in [0.4, 0.5) is 0 Å². The Hall–Kier alpha value is -1.77. The lowest BCUT2D eigenvalue weighted by Gasteiger charge is -2.29. The standard InChI is InChI=1S/C24H36ClN3O8S2/c25-19-8-4-7-17(13-19)10-12-37(32,33)28-20(14-16-5-2-1-3-6-16)23(30)27-21(24(31)38(34,35)36)15-18-9-11-26-22(18)29/h4,7-8,13,16,18,20-21,24,28,31H,1-3,5-6,9-12,14-15H2,(H,26,29)(H,27,30)(H,34,35,36)/t18-,20-,21-,24?/m0/s1. The molecule has 1 aromatic rings. The van der Waals surface area contributed by atoms with Crippen molar-refractivity contribution >= 4 is 43.6 Å². The number of hydrogen-bond donors (Lipinski definition) is 5. The number of aliphatic hydroxyl groups excluding tert-OH is 1. The molecular weight excluding hydrogens is 558 g/mol. The summed E-state index contributed by atoms with van der Waals surface area (Å²) in [5, 5.41) is 15.8. The minimum absolute atomic E-state index is 0.0840. The maximum Gasteiger partial charge on any atom is 0.294 e. The lowest BCUT2D eigenvalue weighted by atomic mass is 9.85. The molecule has 4 atom stereocenters. The minimum Gasteiger partial charge on any atom is -0.374 e. The van der Waals surface area contributed by atoms with Crippen LogP contribution in [0.25, 0.3) is 0 Å². The highest BCUT2D eigenvalue weighted by atomic mass is 35.5. The molecule has 1 aliphatic heterocycles. The van der Waals surface area contributed by atoms with Crippen molar-refractivity contribution in [3.05, 3.63) is 34.9 Å². The van der Waals surface area contributed by atoms with E-state index in [1.54, 1.807) is 24.3 Å². The SMILES string of the molecule is O=C1NCC[C@H]1C[C@H](NC(=O)[C@H](CC1CCCCC1)NS(=O)(=O)CCc1cccc(Cl)c1)C(O)S(=O)(=O)O. The molecule has 1 saturated carbocycles. The van der Waals surface area contributed by atoms with E-state index < -0.39 is 49.5 Å². The molecule has 11 nitrogen and oxygen atoms in total. The molecular formula is C24H36ClN3O8S2. The molecule has 2 aliphatic rings. The topological polar surface area (TPSA) is 179 Å². The molecule has 14 heteroatoms. The Bertz CT molecular complexity index is 1190. The molecule has 0 aromatic heterocycles. The molecule has 38 heavy (non-hydrogen) atoms. The average Bonchev–Trinajstić information content (AvgIpc) is 3.25. The number of aryl methyl sites for hydroxylation is 1. The van der Waals surface area contributed by atoms with Crippen molar-refractivity contribution in [3.8, 4) is 0 Å². The minimum atomic E-state index is -4.98. The highest BCUT2D eigenvalue weighted by Gasteiger charge is 2.38. The van der Waals surface area contributed by atoms with Crippen LogP contribution in [0.3, 0.4) is 0 Å². The molecule has 1 heterocycles. The number of carbonyl (C=O) groups excluding carboxylic acids is 2. The highest BCUT2D eigenvalue weighted by Crippen LogP contribution is 2.28. The molecule has 0 bridgehead atoms. The maximum atomic E-state index is 13.4. The van der Waals surface area contributed by atoms with Gasteiger partial charge in [-0.2, -0.15) is 8.42 Å². The van der Waals surface area contributed by atoms with Crippen molar-refractivity contribution in [1.82, 2.24) is 15.4 Å². The molecule has 1 saturated heterocycles. The summed E-state index contributed by atoms with van der Waals surface area (Å²) in [6.45, 7) is 0.364. The van der Waals surface area contributed by atoms with Crippen LogP contribution >= 0.6 is 11.6 Å². The Morgan fingerprint density at radius 2 is 1.82 bits per heavy atom. The van der Waals surface area contributed by atoms with E-state index in [1.165, 1.54) is 0 Å². The fourth-order valence-electron chi connectivity index (χ4n) is 5.10. The quantitative estimate of drug-likeness (QED) is 0.213. The average molecular weight is 594 g/mol. The number of sulfonamides is 1. The van der Waals surface area contributed by atoms with Gasteiger partial charge in [0.25, 0.3) is 10.1 Å². The third-order valence-corrected chi connectivity index (χ3v) is 9.72. The number of halogens is 1. The van der Waals surface area contributed by atoms with Crippen LogP contribution in [-0.4, -0.2) is 68.1 Å². The third kappa shape index (κ3) is 9.45. The number of aliphatic hydroxyl groups is 1. The maximum absolute atomic E-state index is 13.4. The summed E-state index contributed by atoms with van der Waals surface area (Å²) >= 11 is 5.98. The molecule has 0 spiro atoms. The summed E-state index contributed by atoms with van der Waals surface area (Å²) in [5.74, 6) is -2.08. The normalized spacial score (nSPS) is 21.4. The number of rotatable bonds is 13. The Labute approximate surface area is 228 Å². The first-order chi connectivity index (χ1) is 17.8. The molecule has 1 aromatic carbocycles. The van der Waals surface area contributed by atoms with Gasteiger partial charge in [-0.3, -0.25) is 14.1 Å². The van der Waals surface area contributed by atoms with Crippen molar-refractivity contribution < 1.29 is 36.1 Å². The summed E-state index contributed by atoms with van der Waals surface area (Å²) in [6.07, 6.45) is 5.12. The second-order valence-corrected chi connectivity index (χ2v) is 14.0. The van der Waals surface area contributed by atoms with E-state index >= 15 is 0 Å². The van der Waals surface area contributed by atoms with E-state index in [0.29, 0.717) is 23.6 Å². The first-order valence-electron chi connectivity index (χ1n) is 12.8. The van der Waals surface area contributed by atoms with E-state index in [2.05, 4.69) is 15.4 Å². The Morgan fingerprint density at radius 1 is 1.11 bits per heavy atom. The predicted octanol–water partition coefficient (Wildman–Crippen LogP) is 1.36. The van der Waals surface area contributed by atoms with Gasteiger partial charge in [0.05, 0.1) is 11.8 Å². The third-order valence-electron chi connectivity index (χ3n) is 7.16. The second kappa shape index (κ2) is 13.5. The molecule has 1 unspecified atom stereocenters. The van der Waals surface area contributed by atoms with Gasteiger partial charge in [0.15, 0.2) is 0 Å². The number of hydrogen-bond acceptors (Lipinski definition) is 7. The van der Waals surface area contributed by atoms with Crippen LogP contribution in [0.5, 0.6) is 0 Å². The van der Waals surface area contributed by atoms with Gasteiger partial charge in [0.1, 0.15) is 6.04 Å². The van der Waals surface area contributed by atoms with Crippen LogP contribution in [0.2, 0.25) is 5.02 Å². The van der Waals surface area contributed by atoms with E-state index in [1.807, 2.05) is 0 Å². The van der Waals surface area contributed by atoms with E-state index in [-0.39, 0.29) is 36.8 Å². The van der Waals surface area contributed by atoms with Gasteiger partial charge in [-0.25, -0.2) is 13.1 Å². The molecule has 214 valence electrons. The van der Waals surface area contributed by atoms with Crippen molar-refractivity contribution in [3.63, 3.8) is 0 Å². The molecule has 1 aliphatic carbocycles. The summed E-state index contributed by atoms with van der Waals surface area (Å²) in [5.41, 5.74) is -1.67. The zero-order chi connectivity index (χ0) is 27.9. The van der Waals surface area contributed by atoms with Crippen LogP contribution in [-0.2, 0) is 36.2 Å². The van der Waals surface area contributed by atoms with Crippen LogP contribution in [0.1, 0.15) is 56.9 Å². The zero-order valence-corrected chi connectivity index (χ0v) is 23.4. The molecule has 3 rings (SSSR count). The summed E-state index contributed by atoms with van der Waals surface area (Å²) in [6, 6.07) is 4.04. The van der Waals surface area contributed by atoms with Gasteiger partial charge in [0.2, 0.25) is 27.3 Å². The molecule has 5 N–H and O–H groups in total. The first kappa shape index (κ1) is 30.8. The van der Waals surface area contributed by atoms with Crippen LogP contribution in [0.15, 0.2) is 24.3 Å². The Kier molecular flexibility index (Phi) is 11.0. The highest BCUT2D eigenvalue weighted by molar-refractivity contribution is 7.89. The fourth-order valence-corrected chi connectivity index (χ4v) is 7.17. The lowest BCUT2D eigenvalue weighted by Crippen LogP contribution is -2.55. The fraction of sp³-hybridized carbons (Fsp3) is 0.667. The molecule has 0 radical (unpaired) electrons. The Morgan fingerprint density at radius 3 is 2.42 bits per heavy atom. The van der Waals surface area contributed by atoms with Gasteiger partial charge in [0, 0.05) is 17.5 Å². The smallest absolute Gasteiger partial charge is 0.294 e. The zero-order valence-electron chi connectivity index (χ0n) is 21.0. The summed E-state index contributed by atoms with van der Waals surface area (Å²) < 4.78 is 61.3. The summed E-state index contributed by atoms with van der Waals surface area (Å²) in [4.78, 5) is 25.4. The molecule has 2 amide bonds. The van der Waals surface area contributed by atoms with Crippen molar-refractivity contribution in [1.29, 1.82) is 0 Å². The van der Waals surface area contributed by atoms with Gasteiger partial charge >= 0.3 is 0 Å². The van der Waals surface area contributed by atoms with E-state index in [4.69, 9.17) is 11.6 Å². The summed E-state index contributed by atoms with van der Waals surface area (Å²) in [7, 11) is -8.93. The number of carbonyl (C=O) groups is 2.